The van der Waals surface area contributed by atoms with E-state index in [4.69, 9.17) is 9.47 Å². The van der Waals surface area contributed by atoms with E-state index >= 15 is 0 Å². The molecule has 36 heteroatoms. The molecule has 0 spiro atoms. The molecule has 1 aromatic rings. The van der Waals surface area contributed by atoms with Gasteiger partial charge < -0.3 is 85.7 Å². The van der Waals surface area contributed by atoms with Gasteiger partial charge in [0.2, 0.25) is 58.7 Å². The van der Waals surface area contributed by atoms with Crippen molar-refractivity contribution in [3.05, 3.63) is 54.3 Å². The number of phenolic OH excluding ortho intramolecular Hbond substituents is 1. The van der Waals surface area contributed by atoms with Crippen LogP contribution in [0.4, 0.5) is 0 Å². The summed E-state index contributed by atoms with van der Waals surface area (Å²) in [5.74, 6) is -14.1. The lowest BCUT2D eigenvalue weighted by molar-refractivity contribution is -0.232. The number of aliphatic hydroxyl groups is 4. The zero-order valence-electron chi connectivity index (χ0n) is 91.4. The van der Waals surface area contributed by atoms with E-state index in [1.54, 1.807) is 109 Å². The number of hydrogen-bond acceptors (Lipinski definition) is 25. The largest absolute Gasteiger partial charge is 0.511 e. The van der Waals surface area contributed by atoms with E-state index < -0.39 is 148 Å². The van der Waals surface area contributed by atoms with Crippen LogP contribution >= 0.6 is 0 Å². The van der Waals surface area contributed by atoms with E-state index in [0.29, 0.717) is 109 Å². The number of hydrazine groups is 1. The maximum atomic E-state index is 14.2. The van der Waals surface area contributed by atoms with Gasteiger partial charge in [-0.2, -0.15) is 0 Å². The van der Waals surface area contributed by atoms with E-state index in [-0.39, 0.29) is 138 Å². The first-order valence-electron chi connectivity index (χ1n) is 51.8. The molecule has 0 saturated carbocycles. The average Bonchev–Trinajstić information content (AvgIpc) is 1.50. The van der Waals surface area contributed by atoms with Crippen LogP contribution in [0.3, 0.4) is 0 Å². The summed E-state index contributed by atoms with van der Waals surface area (Å²) < 4.78 is 11.4. The number of rotatable bonds is 36. The fourth-order valence-corrected chi connectivity index (χ4v) is 18.3. The van der Waals surface area contributed by atoms with Crippen molar-refractivity contribution in [3.63, 3.8) is 0 Å². The Labute approximate surface area is 857 Å². The molecule has 0 bridgehead atoms. The van der Waals surface area contributed by atoms with Crippen molar-refractivity contribution in [2.45, 2.75) is 400 Å². The molecule has 0 aliphatic carbocycles. The van der Waals surface area contributed by atoms with Gasteiger partial charge >= 0.3 is 11.6 Å². The number of carbonyl (C=O) groups excluding carboxylic acids is 17. The molecule has 18 atom stereocenters. The quantitative estimate of drug-likeness (QED) is 0.0129. The number of allylic oxidation sites excluding steroid dienone is 2. The highest BCUT2D eigenvalue weighted by Crippen LogP contribution is 2.38. The SMILES string of the molecule is C.C/C=C/C[C@@H](C)[C@@H](O)[C@@H](C(=O)NC(CC)C(=O)NC)N(C)C(=O)[C@H](C(C)C)N(C)C(=O)[C@H](CC(C)C)N(C)C(=O)C(C)C.C=C(O)C1CCCN(C(=O)[C@H](Cc2cccc(O)c2)NC(=O)[C@@H](NC(=O)C(C)C)C(C)C)N1.CC(=O)[C@@H]1CCCCN1C(=O)C(=O)C(C)(C)C(C)C.CC(=O)[C@@H]1CCCCN1C(=O)C1(O)OC(C(C)C)CC[C@@H](C)C1=O.CC(=O)[C@@H]1CCCCN1C(=O)C1(O)OC(C(C)C)CC[C@@H](C)C1=O. The molecule has 144 heavy (non-hydrogen) atoms. The Hall–Kier alpha value is -9.75. The van der Waals surface area contributed by atoms with Crippen LogP contribution in [0, 0.1) is 70.5 Å². The van der Waals surface area contributed by atoms with Crippen molar-refractivity contribution in [2.24, 2.45) is 70.5 Å². The van der Waals surface area contributed by atoms with Gasteiger partial charge in [0.15, 0.2) is 17.3 Å². The summed E-state index contributed by atoms with van der Waals surface area (Å²) in [6.07, 6.45) is 13.6. The second kappa shape index (κ2) is 59.9. The molecule has 1 aromatic carbocycles. The molecule has 6 heterocycles. The van der Waals surface area contributed by atoms with Gasteiger partial charge in [0.1, 0.15) is 47.8 Å². The topological polar surface area (TPSA) is 493 Å². The van der Waals surface area contributed by atoms with E-state index in [9.17, 15) is 107 Å². The van der Waals surface area contributed by atoms with E-state index in [1.807, 2.05) is 88.3 Å². The Morgan fingerprint density at radius 1 is 0.569 bits per heavy atom. The van der Waals surface area contributed by atoms with Crippen LogP contribution in [-0.2, 0) is 97.4 Å². The van der Waals surface area contributed by atoms with Crippen molar-refractivity contribution >= 4 is 99.7 Å². The molecule has 0 radical (unpaired) electrons. The average molecular weight is 2030 g/mol. The van der Waals surface area contributed by atoms with Gasteiger partial charge in [-0.15, -0.1) is 0 Å². The summed E-state index contributed by atoms with van der Waals surface area (Å²) in [4.78, 5) is 226. The number of amides is 11. The van der Waals surface area contributed by atoms with Gasteiger partial charge in [-0.05, 0) is 202 Å². The number of nitrogens with zero attached hydrogens (tertiary/aromatic N) is 7. The van der Waals surface area contributed by atoms with Crippen molar-refractivity contribution in [1.29, 1.82) is 0 Å². The Morgan fingerprint density at radius 3 is 1.42 bits per heavy atom. The van der Waals surface area contributed by atoms with Gasteiger partial charge in [0, 0.05) is 89.9 Å². The molecule has 10 N–H and O–H groups in total. The van der Waals surface area contributed by atoms with Crippen molar-refractivity contribution in [1.82, 2.24) is 61.1 Å². The first-order chi connectivity index (χ1) is 66.4. The number of piperidine rings is 3. The maximum Gasteiger partial charge on any atom is 0.309 e. The second-order valence-corrected chi connectivity index (χ2v) is 43.1. The molecule has 818 valence electrons. The predicted molar refractivity (Wildman–Crippen MR) is 551 cm³/mol. The highest BCUT2D eigenvalue weighted by molar-refractivity contribution is 6.38. The maximum absolute atomic E-state index is 14.2. The number of phenols is 1. The number of likely N-dealkylation sites (N-methyl/N-ethyl adjacent to an activating group) is 4. The lowest BCUT2D eigenvalue weighted by Crippen LogP contribution is -2.63. The molecular formula is C108H182N12O24. The smallest absolute Gasteiger partial charge is 0.309 e. The molecule has 6 fully saturated rings. The number of hydrogen-bond donors (Lipinski definition) is 10. The van der Waals surface area contributed by atoms with E-state index in [0.717, 1.165) is 38.5 Å². The Kier molecular flexibility index (Phi) is 54.2. The number of nitrogens with one attached hydrogen (secondary N) is 5. The molecule has 7 rings (SSSR count). The van der Waals surface area contributed by atoms with Crippen LogP contribution in [0.2, 0.25) is 0 Å². The first kappa shape index (κ1) is 130. The van der Waals surface area contributed by atoms with Crippen LogP contribution in [0.1, 0.15) is 309 Å². The van der Waals surface area contributed by atoms with Gasteiger partial charge in [-0.25, -0.2) is 5.43 Å². The van der Waals surface area contributed by atoms with Crippen LogP contribution in [0.15, 0.2) is 48.8 Å². The summed E-state index contributed by atoms with van der Waals surface area (Å²) in [6, 6.07) is -1.22. The second-order valence-electron chi connectivity index (χ2n) is 43.1. The van der Waals surface area contributed by atoms with Gasteiger partial charge in [0.05, 0.1) is 42.5 Å². The summed E-state index contributed by atoms with van der Waals surface area (Å²) in [6.45, 7) is 51.8. The van der Waals surface area contributed by atoms with Crippen LogP contribution in [0.25, 0.3) is 0 Å². The highest BCUT2D eigenvalue weighted by Gasteiger charge is 2.57. The normalized spacial score (nSPS) is 23.3. The van der Waals surface area contributed by atoms with Crippen molar-refractivity contribution in [2.75, 3.05) is 54.4 Å². The standard InChI is InChI=1S/C32H59N5O6.C24H36N4O5.2C18H29NO5.C15H25NO3.CH4/c1-14-16-17-22(9)27(38)26(29(40)34-23(15-2)28(39)33-10)37(13)32(43)25(20(5)6)36(12)31(42)24(18-19(3)4)35(11)30(41)21(7)8;1-14(2)21(26-22(31)15(3)4)23(32)25-20(13-17-8-6-9-18(30)12-17)24(33)28-11-7-10-19(27-28)16(5)29;2*1-11(2)15-9-8-12(3)16(21)18(23,24-15)17(22)19-10-6-5-7-14(19)13(4)20;1-10(2)15(4,5)13(18)14(19)16-9-7-6-8-12(16)11(3)17;/h14,16,19-27,38H,15,17-18H2,1-13H3,(H,33,39)(H,34,40);6,8-9,12,14-15,19-21,27,29-30H,5,7,10-11,13H2,1-4H3,(H,25,32)(H,26,31);2*11-12,14-15,23H,5-10H2,1-4H3;10,12H,6-9H2,1-5H3;1H4/b16-14+;;;;;/t22-,23?,24+,25+,26+,27-;19?,20-,21-;2*12-,14+,15?,18?;12-;/m10110./s1. The first-order valence-corrected chi connectivity index (χ1v) is 51.8. The number of ether oxygens (including phenoxy) is 2. The Balaban J connectivity index is 0.000000624. The van der Waals surface area contributed by atoms with Crippen molar-refractivity contribution in [3.8, 4) is 5.75 Å². The minimum absolute atomic E-state index is 0. The van der Waals surface area contributed by atoms with Crippen LogP contribution in [0.5, 0.6) is 5.75 Å². The highest BCUT2D eigenvalue weighted by atomic mass is 16.7. The molecule has 36 nitrogen and oxygen atoms in total. The number of aliphatic hydroxyl groups excluding tert-OH is 2. The monoisotopic (exact) mass is 2030 g/mol. The zero-order valence-corrected chi connectivity index (χ0v) is 91.4. The number of Topliss-reactive ketones (excluding diaryl/α,β-unsaturated/α-hetero) is 6. The van der Waals surface area contributed by atoms with E-state index in [1.165, 1.54) is 81.4 Å². The molecular weight excluding hydrogens is 1850 g/mol. The summed E-state index contributed by atoms with van der Waals surface area (Å²) in [7, 11) is 6.06. The van der Waals surface area contributed by atoms with Gasteiger partial charge in [-0.3, -0.25) is 86.5 Å². The summed E-state index contributed by atoms with van der Waals surface area (Å²) >= 11 is 0. The van der Waals surface area contributed by atoms with Crippen LogP contribution < -0.4 is 26.7 Å². The molecule has 6 aliphatic rings. The third-order valence-electron chi connectivity index (χ3n) is 28.5. The van der Waals surface area contributed by atoms with Gasteiger partial charge in [-0.1, -0.05) is 191 Å². The summed E-state index contributed by atoms with van der Waals surface area (Å²) in [5.41, 5.74) is 2.95. The van der Waals surface area contributed by atoms with E-state index in [2.05, 4.69) is 33.3 Å². The lowest BCUT2D eigenvalue weighted by Gasteiger charge is -2.41. The number of benzene rings is 1. The number of likely N-dealkylation sites (tertiary alicyclic amines) is 3. The molecule has 6 unspecified atom stereocenters. The number of carbonyl (C=O) groups is 17. The third kappa shape index (κ3) is 36.1. The molecule has 6 aliphatic heterocycles. The molecule has 0 aromatic heterocycles. The fraction of sp³-hybridized carbons (Fsp3) is 0.750. The summed E-state index contributed by atoms with van der Waals surface area (Å²) in [5, 5.41) is 65.1. The number of aromatic hydroxyl groups is 1. The fourth-order valence-electron chi connectivity index (χ4n) is 18.3. The minimum atomic E-state index is -2.48. The van der Waals surface area contributed by atoms with Crippen LogP contribution in [-0.4, -0.2) is 304 Å². The Bertz CT molecular complexity index is 4420. The lowest BCUT2D eigenvalue weighted by atomic mass is 9.76. The third-order valence-corrected chi connectivity index (χ3v) is 28.5. The van der Waals surface area contributed by atoms with Crippen molar-refractivity contribution < 1.29 is 117 Å². The molecule has 11 amide bonds. The number of ketones is 6. The van der Waals surface area contributed by atoms with Gasteiger partial charge in [0.25, 0.3) is 23.6 Å². The molecule has 6 saturated heterocycles. The zero-order chi connectivity index (χ0) is 109. The Morgan fingerprint density at radius 2 is 1.03 bits per heavy atom. The predicted octanol–water partition coefficient (Wildman–Crippen LogP) is 10.4. The minimum Gasteiger partial charge on any atom is -0.511 e.